The van der Waals surface area contributed by atoms with E-state index in [1.54, 1.807) is 0 Å². The normalized spacial score (nSPS) is 19.3. The Morgan fingerprint density at radius 1 is 0.933 bits per heavy atom. The minimum Gasteiger partial charge on any atom is -0.350 e. The fourth-order valence-electron chi connectivity index (χ4n) is 4.80. The van der Waals surface area contributed by atoms with E-state index in [9.17, 15) is 9.59 Å². The topological polar surface area (TPSA) is 73.5 Å². The Morgan fingerprint density at radius 3 is 2.20 bits per heavy atom. The maximum absolute atomic E-state index is 12.8. The number of amides is 3. The molecule has 2 aliphatic rings. The first-order valence-corrected chi connectivity index (χ1v) is 11.7. The molecule has 6 heteroatoms. The summed E-state index contributed by atoms with van der Waals surface area (Å²) in [7, 11) is 0. The molecule has 0 spiro atoms. The molecule has 0 atom stereocenters. The van der Waals surface area contributed by atoms with Crippen molar-refractivity contribution >= 4 is 11.9 Å². The first-order valence-electron chi connectivity index (χ1n) is 11.7. The van der Waals surface area contributed by atoms with E-state index in [0.29, 0.717) is 12.1 Å². The predicted octanol–water partition coefficient (Wildman–Crippen LogP) is 3.81. The number of carbonyl (C=O) groups excluding carboxylic acids is 2. The van der Waals surface area contributed by atoms with Crippen LogP contribution in [0, 0.1) is 0 Å². The zero-order valence-electron chi connectivity index (χ0n) is 18.6. The molecule has 1 aromatic rings. The van der Waals surface area contributed by atoms with Gasteiger partial charge in [-0.1, -0.05) is 37.8 Å². The molecule has 0 unspecified atom stereocenters. The summed E-state index contributed by atoms with van der Waals surface area (Å²) in [5.74, 6) is -0.00554. The van der Waals surface area contributed by atoms with Crippen LogP contribution in [-0.4, -0.2) is 48.1 Å². The van der Waals surface area contributed by atoms with E-state index in [-0.39, 0.29) is 23.5 Å². The highest BCUT2D eigenvalue weighted by Crippen LogP contribution is 2.35. The highest BCUT2D eigenvalue weighted by Gasteiger charge is 2.38. The molecule has 0 aromatic heterocycles. The van der Waals surface area contributed by atoms with Gasteiger partial charge >= 0.3 is 6.03 Å². The molecule has 1 aliphatic carbocycles. The Kier molecular flexibility index (Phi) is 8.14. The van der Waals surface area contributed by atoms with E-state index in [1.807, 2.05) is 38.1 Å². The molecule has 6 nitrogen and oxygen atoms in total. The Morgan fingerprint density at radius 2 is 1.57 bits per heavy atom. The number of likely N-dealkylation sites (tertiary alicyclic amines) is 1. The van der Waals surface area contributed by atoms with Crippen LogP contribution in [0.5, 0.6) is 0 Å². The van der Waals surface area contributed by atoms with Crippen molar-refractivity contribution < 1.29 is 9.59 Å². The first kappa shape index (κ1) is 22.6. The van der Waals surface area contributed by atoms with Crippen molar-refractivity contribution in [3.8, 4) is 0 Å². The number of hydrogen-bond donors (Lipinski definition) is 3. The summed E-state index contributed by atoms with van der Waals surface area (Å²) in [5.41, 5.74) is 1.79. The Bertz CT molecular complexity index is 690. The number of nitrogens with one attached hydrogen (secondary N) is 3. The summed E-state index contributed by atoms with van der Waals surface area (Å²) in [6.45, 7) is 7.37. The van der Waals surface area contributed by atoms with Gasteiger partial charge < -0.3 is 16.0 Å². The van der Waals surface area contributed by atoms with Gasteiger partial charge in [-0.3, -0.25) is 9.69 Å². The van der Waals surface area contributed by atoms with Gasteiger partial charge in [0, 0.05) is 30.2 Å². The van der Waals surface area contributed by atoms with Crippen molar-refractivity contribution in [2.24, 2.45) is 0 Å². The summed E-state index contributed by atoms with van der Waals surface area (Å²) in [4.78, 5) is 27.2. The van der Waals surface area contributed by atoms with Crippen LogP contribution in [0.25, 0.3) is 0 Å². The minimum atomic E-state index is -0.178. The third-order valence-electron chi connectivity index (χ3n) is 6.48. The van der Waals surface area contributed by atoms with Gasteiger partial charge in [-0.2, -0.15) is 0 Å². The van der Waals surface area contributed by atoms with Crippen molar-refractivity contribution in [1.29, 1.82) is 0 Å². The molecule has 0 bridgehead atoms. The van der Waals surface area contributed by atoms with Crippen LogP contribution in [0.4, 0.5) is 4.79 Å². The van der Waals surface area contributed by atoms with Crippen molar-refractivity contribution in [3.05, 3.63) is 35.4 Å². The van der Waals surface area contributed by atoms with Crippen LogP contribution >= 0.6 is 0 Å². The molecular weight excluding hydrogens is 376 g/mol. The molecule has 3 rings (SSSR count). The second-order valence-electron chi connectivity index (χ2n) is 9.19. The smallest absolute Gasteiger partial charge is 0.315 e. The van der Waals surface area contributed by atoms with Crippen molar-refractivity contribution in [1.82, 2.24) is 20.9 Å². The summed E-state index contributed by atoms with van der Waals surface area (Å²) < 4.78 is 0. The van der Waals surface area contributed by atoms with Gasteiger partial charge in [-0.05, 0) is 70.3 Å². The molecule has 1 aromatic carbocycles. The zero-order valence-corrected chi connectivity index (χ0v) is 18.6. The van der Waals surface area contributed by atoms with Crippen LogP contribution in [0.3, 0.4) is 0 Å². The number of carbonyl (C=O) groups is 2. The van der Waals surface area contributed by atoms with Crippen LogP contribution in [0.15, 0.2) is 24.3 Å². The first-order chi connectivity index (χ1) is 14.5. The van der Waals surface area contributed by atoms with Crippen LogP contribution < -0.4 is 16.0 Å². The Labute approximate surface area is 181 Å². The minimum absolute atomic E-state index is 0.00554. The number of benzene rings is 1. The lowest BCUT2D eigenvalue weighted by Crippen LogP contribution is -2.58. The maximum atomic E-state index is 12.8. The number of piperidine rings is 1. The monoisotopic (exact) mass is 414 g/mol. The number of urea groups is 1. The summed E-state index contributed by atoms with van der Waals surface area (Å²) in [6, 6.07) is 7.44. The lowest BCUT2D eigenvalue weighted by Gasteiger charge is -2.48. The molecule has 3 N–H and O–H groups in total. The van der Waals surface area contributed by atoms with E-state index in [2.05, 4.69) is 20.9 Å². The van der Waals surface area contributed by atoms with Gasteiger partial charge in [0.2, 0.25) is 0 Å². The quantitative estimate of drug-likeness (QED) is 0.635. The molecule has 166 valence electrons. The van der Waals surface area contributed by atoms with Gasteiger partial charge in [0.15, 0.2) is 0 Å². The lowest BCUT2D eigenvalue weighted by molar-refractivity contribution is 0.0326. The largest absolute Gasteiger partial charge is 0.350 e. The highest BCUT2D eigenvalue weighted by molar-refractivity contribution is 5.94. The van der Waals surface area contributed by atoms with Crippen LogP contribution in [0.1, 0.15) is 81.1 Å². The van der Waals surface area contributed by atoms with Crippen molar-refractivity contribution in [2.75, 3.05) is 19.6 Å². The third kappa shape index (κ3) is 6.21. The average molecular weight is 415 g/mol. The zero-order chi connectivity index (χ0) is 21.4. The Hall–Kier alpha value is -2.08. The number of rotatable bonds is 7. The molecule has 1 aliphatic heterocycles. The van der Waals surface area contributed by atoms with Gasteiger partial charge in [0.05, 0.1) is 0 Å². The molecule has 2 fully saturated rings. The molecule has 1 saturated heterocycles. The fraction of sp³-hybridized carbons (Fsp3) is 0.667. The Balaban J connectivity index is 1.53. The highest BCUT2D eigenvalue weighted by atomic mass is 16.2. The molecule has 1 heterocycles. The second-order valence-corrected chi connectivity index (χ2v) is 9.19. The molecule has 30 heavy (non-hydrogen) atoms. The van der Waals surface area contributed by atoms with Crippen molar-refractivity contribution in [3.63, 3.8) is 0 Å². The van der Waals surface area contributed by atoms with Crippen molar-refractivity contribution in [2.45, 2.75) is 83.3 Å². The number of nitrogens with zero attached hydrogens (tertiary/aromatic N) is 1. The molecular formula is C24H38N4O2. The summed E-state index contributed by atoms with van der Waals surface area (Å²) in [5, 5.41) is 8.87. The molecule has 1 saturated carbocycles. The summed E-state index contributed by atoms with van der Waals surface area (Å²) >= 11 is 0. The molecule has 3 amide bonds. The van der Waals surface area contributed by atoms with Crippen LogP contribution in [-0.2, 0) is 6.54 Å². The van der Waals surface area contributed by atoms with E-state index in [4.69, 9.17) is 0 Å². The SMILES string of the molecule is CC(C)NC(=O)NCc1ccc(C(=O)NCC2(N3CCCCC3)CCCCC2)cc1. The average Bonchev–Trinajstić information content (AvgIpc) is 2.77. The van der Waals surface area contributed by atoms with Gasteiger partial charge in [0.1, 0.15) is 0 Å². The number of hydrogen-bond acceptors (Lipinski definition) is 3. The van der Waals surface area contributed by atoms with Gasteiger partial charge in [-0.25, -0.2) is 4.79 Å². The fourth-order valence-corrected chi connectivity index (χ4v) is 4.80. The van der Waals surface area contributed by atoms with Gasteiger partial charge in [-0.15, -0.1) is 0 Å². The maximum Gasteiger partial charge on any atom is 0.315 e. The van der Waals surface area contributed by atoms with E-state index in [0.717, 1.165) is 12.1 Å². The van der Waals surface area contributed by atoms with E-state index < -0.39 is 0 Å². The van der Waals surface area contributed by atoms with Gasteiger partial charge in [0.25, 0.3) is 5.91 Å². The summed E-state index contributed by atoms with van der Waals surface area (Å²) in [6.07, 6.45) is 10.1. The second kappa shape index (κ2) is 10.8. The lowest BCUT2D eigenvalue weighted by atomic mass is 9.79. The van der Waals surface area contributed by atoms with E-state index in [1.165, 1.54) is 64.5 Å². The van der Waals surface area contributed by atoms with Crippen LogP contribution in [0.2, 0.25) is 0 Å². The third-order valence-corrected chi connectivity index (χ3v) is 6.48. The standard InChI is InChI=1S/C24H38N4O2/c1-19(2)27-23(30)25-17-20-9-11-21(12-10-20)22(29)26-18-24(13-5-3-6-14-24)28-15-7-4-8-16-28/h9-12,19H,3-8,13-18H2,1-2H3,(H,26,29)(H2,25,27,30). The van der Waals surface area contributed by atoms with E-state index >= 15 is 0 Å². The molecule has 0 radical (unpaired) electrons. The predicted molar refractivity (Wildman–Crippen MR) is 121 cm³/mol.